The van der Waals surface area contributed by atoms with E-state index in [1.54, 1.807) is 0 Å². The molecule has 0 saturated carbocycles. The number of fused-ring (bicyclic) bond motifs is 16. The molecule has 76 heavy (non-hydrogen) atoms. The first-order valence-corrected chi connectivity index (χ1v) is 26.7. The van der Waals surface area contributed by atoms with Crippen LogP contribution in [-0.2, 0) is 16.2 Å². The first-order valence-electron chi connectivity index (χ1n) is 26.7. The second-order valence-electron chi connectivity index (χ2n) is 21.0. The minimum absolute atomic E-state index is 0.436. The van der Waals surface area contributed by atoms with Crippen LogP contribution in [0.2, 0.25) is 0 Å². The van der Waals surface area contributed by atoms with Crippen LogP contribution in [-0.4, -0.2) is 0 Å². The normalized spacial score (nSPS) is 14.6. The number of hydrogen-bond donors (Lipinski definition) is 0. The van der Waals surface area contributed by atoms with Gasteiger partial charge in [0.25, 0.3) is 0 Å². The van der Waals surface area contributed by atoms with Crippen LogP contribution in [0, 0.1) is 0 Å². The molecule has 0 radical (unpaired) electrons. The summed E-state index contributed by atoms with van der Waals surface area (Å²) < 4.78 is 0. The van der Waals surface area contributed by atoms with Crippen LogP contribution in [0.4, 0.5) is 17.1 Å². The molecular formula is C75H49N. The summed E-state index contributed by atoms with van der Waals surface area (Å²) in [7, 11) is 0. The summed E-state index contributed by atoms with van der Waals surface area (Å²) in [5.74, 6) is 0. The van der Waals surface area contributed by atoms with E-state index in [1.165, 1.54) is 111 Å². The molecule has 0 atom stereocenters. The maximum atomic E-state index is 2.52. The summed E-state index contributed by atoms with van der Waals surface area (Å²) in [6, 6.07) is 112. The molecule has 16 rings (SSSR count). The minimum atomic E-state index is -0.558. The zero-order valence-corrected chi connectivity index (χ0v) is 41.7. The molecule has 12 aromatic carbocycles. The molecule has 0 amide bonds. The van der Waals surface area contributed by atoms with Gasteiger partial charge >= 0.3 is 0 Å². The van der Waals surface area contributed by atoms with Gasteiger partial charge in [0.2, 0.25) is 0 Å². The van der Waals surface area contributed by atoms with Gasteiger partial charge in [-0.15, -0.1) is 0 Å². The highest BCUT2D eigenvalue weighted by molar-refractivity contribution is 5.97. The van der Waals surface area contributed by atoms with Gasteiger partial charge in [-0.05, 0) is 148 Å². The van der Waals surface area contributed by atoms with Crippen molar-refractivity contribution in [2.24, 2.45) is 0 Å². The van der Waals surface area contributed by atoms with Crippen molar-refractivity contribution >= 4 is 17.1 Å². The van der Waals surface area contributed by atoms with Crippen molar-refractivity contribution in [1.82, 2.24) is 0 Å². The Morgan fingerprint density at radius 3 is 0.868 bits per heavy atom. The molecule has 1 nitrogen and oxygen atoms in total. The Bertz CT molecular complexity index is 4150. The van der Waals surface area contributed by atoms with Crippen LogP contribution < -0.4 is 4.90 Å². The van der Waals surface area contributed by atoms with Crippen LogP contribution in [0.25, 0.3) is 44.5 Å². The fraction of sp³-hybridized carbons (Fsp3) is 0.0400. The Kier molecular flexibility index (Phi) is 9.15. The van der Waals surface area contributed by atoms with E-state index in [-0.39, 0.29) is 0 Å². The Balaban J connectivity index is 0.949. The molecule has 0 unspecified atom stereocenters. The van der Waals surface area contributed by atoms with Crippen LogP contribution in [0.1, 0.15) is 66.8 Å². The third-order valence-electron chi connectivity index (χ3n) is 17.7. The van der Waals surface area contributed by atoms with E-state index in [0.29, 0.717) is 0 Å². The molecule has 0 saturated heterocycles. The monoisotopic (exact) mass is 963 g/mol. The molecule has 0 aromatic heterocycles. The Morgan fingerprint density at radius 2 is 0.447 bits per heavy atom. The largest absolute Gasteiger partial charge is 0.310 e. The predicted octanol–water partition coefficient (Wildman–Crippen LogP) is 18.2. The topological polar surface area (TPSA) is 3.24 Å². The van der Waals surface area contributed by atoms with E-state index < -0.39 is 16.2 Å². The molecular weight excluding hydrogens is 915 g/mol. The zero-order valence-electron chi connectivity index (χ0n) is 41.7. The zero-order chi connectivity index (χ0) is 50.0. The lowest BCUT2D eigenvalue weighted by Gasteiger charge is -2.35. The molecule has 354 valence electrons. The van der Waals surface area contributed by atoms with Crippen LogP contribution >= 0.6 is 0 Å². The van der Waals surface area contributed by atoms with Gasteiger partial charge in [-0.25, -0.2) is 0 Å². The lowest BCUT2D eigenvalue weighted by Crippen LogP contribution is -2.29. The van der Waals surface area contributed by atoms with E-state index in [4.69, 9.17) is 0 Å². The van der Waals surface area contributed by atoms with E-state index in [1.807, 2.05) is 0 Å². The van der Waals surface area contributed by atoms with Crippen molar-refractivity contribution in [3.63, 3.8) is 0 Å². The number of rotatable bonds is 7. The fourth-order valence-corrected chi connectivity index (χ4v) is 14.8. The van der Waals surface area contributed by atoms with Crippen molar-refractivity contribution in [1.29, 1.82) is 0 Å². The molecule has 0 bridgehead atoms. The first-order chi connectivity index (χ1) is 37.7. The van der Waals surface area contributed by atoms with Gasteiger partial charge in [0, 0.05) is 17.1 Å². The summed E-state index contributed by atoms with van der Waals surface area (Å²) in [5, 5.41) is 0. The predicted molar refractivity (Wildman–Crippen MR) is 312 cm³/mol. The maximum Gasteiger partial charge on any atom is 0.0725 e. The second-order valence-corrected chi connectivity index (χ2v) is 21.0. The number of hydrogen-bond acceptors (Lipinski definition) is 1. The summed E-state index contributed by atoms with van der Waals surface area (Å²) in [6.07, 6.45) is 0. The van der Waals surface area contributed by atoms with Crippen LogP contribution in [0.5, 0.6) is 0 Å². The lowest BCUT2D eigenvalue weighted by molar-refractivity contribution is 0.768. The summed E-state index contributed by atoms with van der Waals surface area (Å²) >= 11 is 0. The van der Waals surface area contributed by atoms with Gasteiger partial charge < -0.3 is 4.90 Å². The van der Waals surface area contributed by atoms with Crippen molar-refractivity contribution < 1.29 is 0 Å². The number of nitrogens with zero attached hydrogens (tertiary/aromatic N) is 1. The smallest absolute Gasteiger partial charge is 0.0725 e. The van der Waals surface area contributed by atoms with Gasteiger partial charge in [-0.3, -0.25) is 0 Å². The maximum absolute atomic E-state index is 2.52. The second kappa shape index (κ2) is 16.2. The van der Waals surface area contributed by atoms with E-state index in [2.05, 4.69) is 302 Å². The summed E-state index contributed by atoms with van der Waals surface area (Å²) in [5.41, 5.74) is 27.6. The number of anilines is 3. The van der Waals surface area contributed by atoms with Gasteiger partial charge in [0.15, 0.2) is 0 Å². The van der Waals surface area contributed by atoms with Gasteiger partial charge in [-0.2, -0.15) is 0 Å². The van der Waals surface area contributed by atoms with Crippen molar-refractivity contribution in [2.75, 3.05) is 4.90 Å². The standard InChI is InChI=1S/C75H49N/c1-4-22-50(23-5-1)73(65-34-16-10-28-57(65)58-29-11-17-35-66(58)73)53-40-42-54(43-41-53)76(56-44-46-63-61-32-12-18-36-67(61)74(72(63)49-56,51-24-6-2-7-25-51)52-26-8-3-9-27-52)55-45-47-71-64(48-55)62-33-15-21-39-70(62)75(71)68-37-19-13-30-59(68)60-31-14-20-38-69(60)75/h1-49H. The summed E-state index contributed by atoms with van der Waals surface area (Å²) in [6.45, 7) is 0. The Labute approximate surface area is 444 Å². The molecule has 0 heterocycles. The van der Waals surface area contributed by atoms with Crippen molar-refractivity contribution in [3.8, 4) is 44.5 Å². The third kappa shape index (κ3) is 5.54. The summed E-state index contributed by atoms with van der Waals surface area (Å²) in [4.78, 5) is 2.52. The lowest BCUT2D eigenvalue weighted by atomic mass is 9.67. The van der Waals surface area contributed by atoms with E-state index >= 15 is 0 Å². The van der Waals surface area contributed by atoms with Gasteiger partial charge in [0.1, 0.15) is 0 Å². The molecule has 12 aromatic rings. The SMILES string of the molecule is c1ccc(C2(c3ccc(N(c4ccc5c(c4)-c4ccccc4C54c5ccccc5-c5ccccc54)c4ccc5c(c4)C(c4ccccc4)(c4ccccc4)c4ccccc4-5)cc3)c3ccccc3-c3ccccc32)cc1. The van der Waals surface area contributed by atoms with E-state index in [9.17, 15) is 0 Å². The van der Waals surface area contributed by atoms with Crippen molar-refractivity contribution in [3.05, 3.63) is 364 Å². The van der Waals surface area contributed by atoms with Crippen LogP contribution in [0.3, 0.4) is 0 Å². The molecule has 1 heteroatoms. The Morgan fingerprint density at radius 1 is 0.171 bits per heavy atom. The first kappa shape index (κ1) is 42.9. The quantitative estimate of drug-likeness (QED) is 0.154. The molecule has 0 N–H and O–H groups in total. The highest BCUT2D eigenvalue weighted by Crippen LogP contribution is 2.64. The highest BCUT2D eigenvalue weighted by atomic mass is 15.1. The average Bonchev–Trinajstić information content (AvgIpc) is 4.30. The molecule has 0 aliphatic heterocycles. The fourth-order valence-electron chi connectivity index (χ4n) is 14.8. The Hall–Kier alpha value is -9.56. The molecule has 4 aliphatic rings. The number of benzene rings is 12. The molecule has 1 spiro atoms. The van der Waals surface area contributed by atoms with Gasteiger partial charge in [0.05, 0.1) is 16.2 Å². The van der Waals surface area contributed by atoms with E-state index in [0.717, 1.165) is 17.1 Å². The highest BCUT2D eigenvalue weighted by Gasteiger charge is 2.52. The third-order valence-corrected chi connectivity index (χ3v) is 17.7. The minimum Gasteiger partial charge on any atom is -0.310 e. The average molecular weight is 964 g/mol. The van der Waals surface area contributed by atoms with Crippen molar-refractivity contribution in [2.45, 2.75) is 16.2 Å². The molecule has 4 aliphatic carbocycles. The van der Waals surface area contributed by atoms with Crippen LogP contribution in [0.15, 0.2) is 297 Å². The van der Waals surface area contributed by atoms with Gasteiger partial charge in [-0.1, -0.05) is 261 Å². The molecule has 0 fully saturated rings.